The van der Waals surface area contributed by atoms with Crippen LogP contribution in [0.1, 0.15) is 41.6 Å². The Bertz CT molecular complexity index is 805. The molecule has 1 saturated carbocycles. The molecular formula is C18H17ClF3N3O. The number of amides is 1. The molecular weight excluding hydrogens is 367 g/mol. The van der Waals surface area contributed by atoms with Gasteiger partial charge in [-0.3, -0.25) is 9.78 Å². The summed E-state index contributed by atoms with van der Waals surface area (Å²) in [6, 6.07) is 4.77. The molecule has 2 N–H and O–H groups in total. The molecule has 0 radical (unpaired) electrons. The smallest absolute Gasteiger partial charge is 0.381 e. The minimum absolute atomic E-state index is 0.0274. The summed E-state index contributed by atoms with van der Waals surface area (Å²) in [7, 11) is 0. The SMILES string of the molecule is O=C(Nc1cc(C(F)(F)F)ccc1Cl)c1cncc(NC2CCCC2)c1. The molecule has 1 amide bonds. The first-order valence-corrected chi connectivity index (χ1v) is 8.60. The summed E-state index contributed by atoms with van der Waals surface area (Å²) < 4.78 is 38.5. The van der Waals surface area contributed by atoms with Crippen molar-refractivity contribution in [2.75, 3.05) is 10.6 Å². The van der Waals surface area contributed by atoms with E-state index in [1.165, 1.54) is 19.0 Å². The number of pyridine rings is 1. The van der Waals surface area contributed by atoms with E-state index in [2.05, 4.69) is 15.6 Å². The molecule has 138 valence electrons. The fourth-order valence-corrected chi connectivity index (χ4v) is 3.11. The maximum atomic E-state index is 12.8. The zero-order valence-electron chi connectivity index (χ0n) is 13.7. The van der Waals surface area contributed by atoms with Gasteiger partial charge in [0.15, 0.2) is 0 Å². The molecule has 2 aromatic rings. The fourth-order valence-electron chi connectivity index (χ4n) is 2.94. The van der Waals surface area contributed by atoms with Gasteiger partial charge in [-0.1, -0.05) is 24.4 Å². The topological polar surface area (TPSA) is 54.0 Å². The van der Waals surface area contributed by atoms with E-state index >= 15 is 0 Å². The summed E-state index contributed by atoms with van der Waals surface area (Å²) >= 11 is 5.91. The van der Waals surface area contributed by atoms with Gasteiger partial charge in [-0.15, -0.1) is 0 Å². The lowest BCUT2D eigenvalue weighted by molar-refractivity contribution is -0.137. The summed E-state index contributed by atoms with van der Waals surface area (Å²) in [5.41, 5.74) is -0.0335. The third-order valence-electron chi connectivity index (χ3n) is 4.27. The molecule has 8 heteroatoms. The zero-order valence-corrected chi connectivity index (χ0v) is 14.5. The van der Waals surface area contributed by atoms with Crippen LogP contribution in [-0.4, -0.2) is 16.9 Å². The number of hydrogen-bond acceptors (Lipinski definition) is 3. The number of halogens is 4. The molecule has 0 saturated heterocycles. The monoisotopic (exact) mass is 383 g/mol. The molecule has 0 atom stereocenters. The maximum absolute atomic E-state index is 12.8. The van der Waals surface area contributed by atoms with E-state index in [1.54, 1.807) is 12.3 Å². The summed E-state index contributed by atoms with van der Waals surface area (Å²) in [6.45, 7) is 0. The average Bonchev–Trinajstić information content (AvgIpc) is 3.09. The number of hydrogen-bond donors (Lipinski definition) is 2. The highest BCUT2D eigenvalue weighted by atomic mass is 35.5. The lowest BCUT2D eigenvalue weighted by atomic mass is 10.1. The quantitative estimate of drug-likeness (QED) is 0.747. The van der Waals surface area contributed by atoms with E-state index in [0.717, 1.165) is 31.0 Å². The number of benzene rings is 1. The van der Waals surface area contributed by atoms with Gasteiger partial charge in [0.25, 0.3) is 5.91 Å². The van der Waals surface area contributed by atoms with Crippen molar-refractivity contribution < 1.29 is 18.0 Å². The number of nitrogens with one attached hydrogen (secondary N) is 2. The highest BCUT2D eigenvalue weighted by Crippen LogP contribution is 2.34. The van der Waals surface area contributed by atoms with Crippen LogP contribution >= 0.6 is 11.6 Å². The van der Waals surface area contributed by atoms with Crippen LogP contribution in [0.15, 0.2) is 36.7 Å². The molecule has 1 aliphatic carbocycles. The van der Waals surface area contributed by atoms with Crippen molar-refractivity contribution in [3.05, 3.63) is 52.8 Å². The molecule has 0 unspecified atom stereocenters. The molecule has 0 bridgehead atoms. The van der Waals surface area contributed by atoms with Gasteiger partial charge in [-0.2, -0.15) is 13.2 Å². The lowest BCUT2D eigenvalue weighted by Crippen LogP contribution is -2.17. The zero-order chi connectivity index (χ0) is 18.7. The predicted octanol–water partition coefficient (Wildman–Crippen LogP) is 5.36. The van der Waals surface area contributed by atoms with Gasteiger partial charge in [0.05, 0.1) is 27.5 Å². The van der Waals surface area contributed by atoms with Crippen molar-refractivity contribution in [3.63, 3.8) is 0 Å². The second-order valence-electron chi connectivity index (χ2n) is 6.23. The molecule has 4 nitrogen and oxygen atoms in total. The Morgan fingerprint density at radius 3 is 2.58 bits per heavy atom. The Balaban J connectivity index is 1.76. The van der Waals surface area contributed by atoms with Crippen LogP contribution in [0.25, 0.3) is 0 Å². The fraction of sp³-hybridized carbons (Fsp3) is 0.333. The number of nitrogens with zero attached hydrogens (tertiary/aromatic N) is 1. The van der Waals surface area contributed by atoms with Crippen molar-refractivity contribution in [3.8, 4) is 0 Å². The number of aromatic nitrogens is 1. The molecule has 0 spiro atoms. The van der Waals surface area contributed by atoms with Crippen LogP contribution in [0.2, 0.25) is 5.02 Å². The lowest BCUT2D eigenvalue weighted by Gasteiger charge is -2.14. The second kappa shape index (κ2) is 7.53. The third kappa shape index (κ3) is 4.46. The van der Waals surface area contributed by atoms with E-state index in [0.29, 0.717) is 11.7 Å². The van der Waals surface area contributed by atoms with Crippen LogP contribution in [-0.2, 0) is 6.18 Å². The van der Waals surface area contributed by atoms with Crippen LogP contribution < -0.4 is 10.6 Å². The Labute approximate surface area is 153 Å². The van der Waals surface area contributed by atoms with E-state index in [1.807, 2.05) is 0 Å². The molecule has 26 heavy (non-hydrogen) atoms. The standard InChI is InChI=1S/C18H17ClF3N3O/c19-15-6-5-12(18(20,21)22)8-16(15)25-17(26)11-7-14(10-23-9-11)24-13-3-1-2-4-13/h5-10,13,24H,1-4H2,(H,25,26). The van der Waals surface area contributed by atoms with E-state index in [9.17, 15) is 18.0 Å². The molecule has 1 aliphatic rings. The van der Waals surface area contributed by atoms with Crippen molar-refractivity contribution >= 4 is 28.9 Å². The van der Waals surface area contributed by atoms with Gasteiger partial charge in [-0.25, -0.2) is 0 Å². The average molecular weight is 384 g/mol. The molecule has 3 rings (SSSR count). The first-order valence-electron chi connectivity index (χ1n) is 8.22. The van der Waals surface area contributed by atoms with Gasteiger partial charge in [-0.05, 0) is 37.1 Å². The highest BCUT2D eigenvalue weighted by Gasteiger charge is 2.31. The molecule has 1 aromatic carbocycles. The summed E-state index contributed by atoms with van der Waals surface area (Å²) in [6.07, 6.45) is 2.92. The maximum Gasteiger partial charge on any atom is 0.416 e. The highest BCUT2D eigenvalue weighted by molar-refractivity contribution is 6.34. The van der Waals surface area contributed by atoms with Crippen LogP contribution in [0, 0.1) is 0 Å². The van der Waals surface area contributed by atoms with Gasteiger partial charge in [0, 0.05) is 18.4 Å². The van der Waals surface area contributed by atoms with Crippen molar-refractivity contribution in [1.29, 1.82) is 0 Å². The Hall–Kier alpha value is -2.28. The number of rotatable bonds is 4. The first kappa shape index (κ1) is 18.5. The van der Waals surface area contributed by atoms with Gasteiger partial charge < -0.3 is 10.6 Å². The number of alkyl halides is 3. The molecule has 1 fully saturated rings. The van der Waals surface area contributed by atoms with Crippen LogP contribution in [0.4, 0.5) is 24.5 Å². The molecule has 0 aliphatic heterocycles. The van der Waals surface area contributed by atoms with Crippen LogP contribution in [0.3, 0.4) is 0 Å². The Kier molecular flexibility index (Phi) is 5.36. The van der Waals surface area contributed by atoms with E-state index in [4.69, 9.17) is 11.6 Å². The minimum Gasteiger partial charge on any atom is -0.381 e. The van der Waals surface area contributed by atoms with Gasteiger partial charge in [0.2, 0.25) is 0 Å². The number of carbonyl (C=O) groups excluding carboxylic acids is 1. The van der Waals surface area contributed by atoms with E-state index in [-0.39, 0.29) is 16.3 Å². The van der Waals surface area contributed by atoms with Crippen LogP contribution in [0.5, 0.6) is 0 Å². The summed E-state index contributed by atoms with van der Waals surface area (Å²) in [5, 5.41) is 5.77. The molecule has 1 heterocycles. The number of anilines is 2. The first-order chi connectivity index (χ1) is 12.3. The Morgan fingerprint density at radius 1 is 1.15 bits per heavy atom. The summed E-state index contributed by atoms with van der Waals surface area (Å²) in [4.78, 5) is 16.4. The second-order valence-corrected chi connectivity index (χ2v) is 6.64. The predicted molar refractivity (Wildman–Crippen MR) is 94.5 cm³/mol. The minimum atomic E-state index is -4.52. The summed E-state index contributed by atoms with van der Waals surface area (Å²) in [5.74, 6) is -0.575. The van der Waals surface area contributed by atoms with Gasteiger partial charge in [0.1, 0.15) is 0 Å². The largest absolute Gasteiger partial charge is 0.416 e. The molecule has 1 aromatic heterocycles. The van der Waals surface area contributed by atoms with Crippen molar-refractivity contribution in [1.82, 2.24) is 4.98 Å². The van der Waals surface area contributed by atoms with Gasteiger partial charge >= 0.3 is 6.18 Å². The third-order valence-corrected chi connectivity index (χ3v) is 4.60. The normalized spacial score (nSPS) is 15.1. The van der Waals surface area contributed by atoms with E-state index < -0.39 is 17.6 Å². The Morgan fingerprint density at radius 2 is 1.88 bits per heavy atom. The number of carbonyl (C=O) groups is 1. The van der Waals surface area contributed by atoms with Crippen molar-refractivity contribution in [2.24, 2.45) is 0 Å². The van der Waals surface area contributed by atoms with Crippen molar-refractivity contribution in [2.45, 2.75) is 37.9 Å².